The Hall–Kier alpha value is -3.13. The number of nitrogens with zero attached hydrogens (tertiary/aromatic N) is 5. The maximum absolute atomic E-state index is 11.7. The van der Waals surface area contributed by atoms with Gasteiger partial charge in [0.1, 0.15) is 5.82 Å². The molecule has 1 aromatic carbocycles. The Morgan fingerprint density at radius 3 is 2.85 bits per heavy atom. The van der Waals surface area contributed by atoms with Gasteiger partial charge in [0.2, 0.25) is 11.9 Å². The molecule has 33 heavy (non-hydrogen) atoms. The fourth-order valence-corrected chi connectivity index (χ4v) is 4.38. The lowest BCUT2D eigenvalue weighted by Crippen LogP contribution is -2.28. The molecule has 0 saturated carbocycles. The number of likely N-dealkylation sites (tertiary alicyclic amines) is 1. The first kappa shape index (κ1) is 23.0. The van der Waals surface area contributed by atoms with Crippen LogP contribution >= 0.6 is 0 Å². The summed E-state index contributed by atoms with van der Waals surface area (Å²) < 4.78 is 2.13. The molecule has 4 rings (SSSR count). The second kappa shape index (κ2) is 10.7. The van der Waals surface area contributed by atoms with Gasteiger partial charge in [0.25, 0.3) is 0 Å². The standard InChI is InChI=1S/C25H35N7O/c1-4-12-30(3)24-21-9-8-20(16-22(21)28-25(26-2)29-24)32-15-10-19(18-32)17-27-11-6-14-31-13-5-7-23(31)33/h8-10,15-16,18,27H,4-7,11-14,17H2,1-3H3,(H,26,28,29). The third-order valence-electron chi connectivity index (χ3n) is 6.14. The van der Waals surface area contributed by atoms with Gasteiger partial charge in [-0.3, -0.25) is 4.79 Å². The van der Waals surface area contributed by atoms with Gasteiger partial charge in [0, 0.05) is 70.2 Å². The molecule has 2 aromatic heterocycles. The van der Waals surface area contributed by atoms with Gasteiger partial charge in [-0.25, -0.2) is 4.98 Å². The molecule has 3 aromatic rings. The Morgan fingerprint density at radius 2 is 2.09 bits per heavy atom. The van der Waals surface area contributed by atoms with Gasteiger partial charge in [-0.1, -0.05) is 6.92 Å². The Labute approximate surface area is 196 Å². The molecular formula is C25H35N7O. The molecule has 0 bridgehead atoms. The first-order chi connectivity index (χ1) is 16.1. The summed E-state index contributed by atoms with van der Waals surface area (Å²) in [5.74, 6) is 1.88. The monoisotopic (exact) mass is 449 g/mol. The summed E-state index contributed by atoms with van der Waals surface area (Å²) in [5.41, 5.74) is 3.23. The fourth-order valence-electron chi connectivity index (χ4n) is 4.38. The highest BCUT2D eigenvalue weighted by atomic mass is 16.2. The Bertz CT molecular complexity index is 1090. The van der Waals surface area contributed by atoms with Gasteiger partial charge in [-0.2, -0.15) is 4.98 Å². The zero-order valence-corrected chi connectivity index (χ0v) is 20.0. The van der Waals surface area contributed by atoms with Gasteiger partial charge in [-0.15, -0.1) is 0 Å². The number of amides is 1. The van der Waals surface area contributed by atoms with E-state index >= 15 is 0 Å². The molecule has 3 heterocycles. The van der Waals surface area contributed by atoms with Gasteiger partial charge < -0.3 is 25.0 Å². The van der Waals surface area contributed by atoms with Gasteiger partial charge in [-0.05, 0) is 55.6 Å². The Morgan fingerprint density at radius 1 is 1.21 bits per heavy atom. The summed E-state index contributed by atoms with van der Waals surface area (Å²) in [6.07, 6.45) is 8.02. The first-order valence-electron chi connectivity index (χ1n) is 12.0. The van der Waals surface area contributed by atoms with Crippen LogP contribution < -0.4 is 15.5 Å². The predicted octanol–water partition coefficient (Wildman–Crippen LogP) is 3.41. The van der Waals surface area contributed by atoms with E-state index in [0.717, 1.165) is 80.8 Å². The predicted molar refractivity (Wildman–Crippen MR) is 134 cm³/mol. The third-order valence-corrected chi connectivity index (χ3v) is 6.14. The summed E-state index contributed by atoms with van der Waals surface area (Å²) in [6.45, 7) is 6.61. The number of carbonyl (C=O) groups excluding carboxylic acids is 1. The number of anilines is 2. The van der Waals surface area contributed by atoms with Crippen LogP contribution in [0.3, 0.4) is 0 Å². The summed E-state index contributed by atoms with van der Waals surface area (Å²) in [7, 11) is 3.93. The topological polar surface area (TPSA) is 78.3 Å². The van der Waals surface area contributed by atoms with Crippen LogP contribution in [0.2, 0.25) is 0 Å². The fraction of sp³-hybridized carbons (Fsp3) is 0.480. The summed E-state index contributed by atoms with van der Waals surface area (Å²) >= 11 is 0. The third kappa shape index (κ3) is 5.45. The molecule has 0 aliphatic carbocycles. The van der Waals surface area contributed by atoms with E-state index < -0.39 is 0 Å². The molecule has 1 fully saturated rings. The normalized spacial score (nSPS) is 13.8. The van der Waals surface area contributed by atoms with Crippen molar-refractivity contribution in [2.24, 2.45) is 0 Å². The van der Waals surface area contributed by atoms with Crippen LogP contribution in [-0.2, 0) is 11.3 Å². The average molecular weight is 450 g/mol. The van der Waals surface area contributed by atoms with Crippen molar-refractivity contribution in [3.8, 4) is 5.69 Å². The minimum Gasteiger partial charge on any atom is -0.359 e. The number of hydrogen-bond acceptors (Lipinski definition) is 6. The van der Waals surface area contributed by atoms with Crippen molar-refractivity contribution < 1.29 is 4.79 Å². The number of benzene rings is 1. The van der Waals surface area contributed by atoms with Crippen molar-refractivity contribution in [1.82, 2.24) is 24.8 Å². The second-order valence-electron chi connectivity index (χ2n) is 8.69. The summed E-state index contributed by atoms with van der Waals surface area (Å²) in [4.78, 5) is 25.2. The van der Waals surface area contributed by atoms with E-state index in [2.05, 4.69) is 75.7 Å². The lowest BCUT2D eigenvalue weighted by Gasteiger charge is -2.20. The number of rotatable bonds is 11. The summed E-state index contributed by atoms with van der Waals surface area (Å²) in [5, 5.41) is 7.64. The van der Waals surface area contributed by atoms with E-state index in [1.165, 1.54) is 5.56 Å². The van der Waals surface area contributed by atoms with Crippen molar-refractivity contribution >= 4 is 28.6 Å². The minimum absolute atomic E-state index is 0.304. The number of aromatic nitrogens is 3. The van der Waals surface area contributed by atoms with Crippen molar-refractivity contribution in [2.75, 3.05) is 50.5 Å². The van der Waals surface area contributed by atoms with Crippen molar-refractivity contribution in [3.63, 3.8) is 0 Å². The van der Waals surface area contributed by atoms with Crippen LogP contribution in [0.4, 0.5) is 11.8 Å². The minimum atomic E-state index is 0.304. The number of nitrogens with one attached hydrogen (secondary N) is 2. The average Bonchev–Trinajstić information content (AvgIpc) is 3.47. The SMILES string of the molecule is CCCN(C)c1nc(NC)nc2cc(-n3ccc(CNCCCN4CCCC4=O)c3)ccc12. The van der Waals surface area contributed by atoms with Crippen LogP contribution in [0.15, 0.2) is 36.7 Å². The van der Waals surface area contributed by atoms with Crippen molar-refractivity contribution in [2.45, 2.75) is 39.2 Å². The van der Waals surface area contributed by atoms with Crippen LogP contribution in [0.25, 0.3) is 16.6 Å². The second-order valence-corrected chi connectivity index (χ2v) is 8.69. The lowest BCUT2D eigenvalue weighted by molar-refractivity contribution is -0.127. The number of fused-ring (bicyclic) bond motifs is 1. The van der Waals surface area contributed by atoms with E-state index in [9.17, 15) is 4.79 Å². The van der Waals surface area contributed by atoms with Crippen LogP contribution in [0.1, 0.15) is 38.2 Å². The molecule has 0 unspecified atom stereocenters. The number of carbonyl (C=O) groups is 1. The molecule has 0 spiro atoms. The molecular weight excluding hydrogens is 414 g/mol. The van der Waals surface area contributed by atoms with Crippen LogP contribution in [0.5, 0.6) is 0 Å². The van der Waals surface area contributed by atoms with Crippen LogP contribution in [-0.4, -0.2) is 65.6 Å². The lowest BCUT2D eigenvalue weighted by atomic mass is 10.2. The van der Waals surface area contributed by atoms with Crippen molar-refractivity contribution in [1.29, 1.82) is 0 Å². The molecule has 1 aliphatic rings. The van der Waals surface area contributed by atoms with Crippen LogP contribution in [0, 0.1) is 0 Å². The quantitative estimate of drug-likeness (QED) is 0.437. The molecule has 2 N–H and O–H groups in total. The highest BCUT2D eigenvalue weighted by Crippen LogP contribution is 2.27. The largest absolute Gasteiger partial charge is 0.359 e. The highest BCUT2D eigenvalue weighted by molar-refractivity contribution is 5.91. The molecule has 1 aliphatic heterocycles. The van der Waals surface area contributed by atoms with E-state index in [0.29, 0.717) is 11.9 Å². The molecule has 0 atom stereocenters. The van der Waals surface area contributed by atoms with Crippen molar-refractivity contribution in [3.05, 3.63) is 42.2 Å². The van der Waals surface area contributed by atoms with E-state index in [1.54, 1.807) is 0 Å². The zero-order chi connectivity index (χ0) is 23.2. The molecule has 1 amide bonds. The molecule has 0 radical (unpaired) electrons. The Kier molecular flexibility index (Phi) is 7.44. The molecule has 176 valence electrons. The summed E-state index contributed by atoms with van der Waals surface area (Å²) in [6, 6.07) is 8.49. The molecule has 8 heteroatoms. The van der Waals surface area contributed by atoms with E-state index in [1.807, 2.05) is 11.9 Å². The smallest absolute Gasteiger partial charge is 0.224 e. The molecule has 1 saturated heterocycles. The zero-order valence-electron chi connectivity index (χ0n) is 20.0. The Balaban J connectivity index is 1.41. The van der Waals surface area contributed by atoms with E-state index in [-0.39, 0.29) is 0 Å². The highest BCUT2D eigenvalue weighted by Gasteiger charge is 2.18. The van der Waals surface area contributed by atoms with Gasteiger partial charge in [0.05, 0.1) is 5.52 Å². The number of hydrogen-bond donors (Lipinski definition) is 2. The maximum atomic E-state index is 11.7. The van der Waals surface area contributed by atoms with E-state index in [4.69, 9.17) is 4.98 Å². The van der Waals surface area contributed by atoms with Gasteiger partial charge >= 0.3 is 0 Å². The van der Waals surface area contributed by atoms with Gasteiger partial charge in [0.15, 0.2) is 0 Å². The first-order valence-corrected chi connectivity index (χ1v) is 12.0. The maximum Gasteiger partial charge on any atom is 0.224 e. The molecule has 8 nitrogen and oxygen atoms in total.